The molecule has 2 fully saturated rings. The highest BCUT2D eigenvalue weighted by Gasteiger charge is 2.31. The standard InChI is InChI=1S/C17H20FN3O/c18-13-4-7-16(12(8-13)10-19)20-15-3-1-2-11(9-15)17(22)21-14-5-6-14/h4,7-8,11,14-15,20H,1-3,5-6,9H2,(H,21,22). The average Bonchev–Trinajstić information content (AvgIpc) is 3.33. The number of hydrogen-bond acceptors (Lipinski definition) is 3. The molecule has 0 radical (unpaired) electrons. The molecule has 1 amide bonds. The van der Waals surface area contributed by atoms with Gasteiger partial charge in [0, 0.05) is 18.0 Å². The van der Waals surface area contributed by atoms with E-state index in [4.69, 9.17) is 5.26 Å². The van der Waals surface area contributed by atoms with Crippen LogP contribution in [0.2, 0.25) is 0 Å². The number of nitriles is 1. The Balaban J connectivity index is 1.62. The Morgan fingerprint density at radius 1 is 1.23 bits per heavy atom. The summed E-state index contributed by atoms with van der Waals surface area (Å²) in [7, 11) is 0. The Labute approximate surface area is 129 Å². The largest absolute Gasteiger partial charge is 0.381 e. The number of hydrogen-bond donors (Lipinski definition) is 2. The number of nitrogens with one attached hydrogen (secondary N) is 2. The minimum Gasteiger partial charge on any atom is -0.381 e. The van der Waals surface area contributed by atoms with Crippen LogP contribution in [0.5, 0.6) is 0 Å². The van der Waals surface area contributed by atoms with E-state index in [9.17, 15) is 9.18 Å². The summed E-state index contributed by atoms with van der Waals surface area (Å²) in [6, 6.07) is 6.75. The quantitative estimate of drug-likeness (QED) is 0.898. The first kappa shape index (κ1) is 14.8. The number of carbonyl (C=O) groups is 1. The van der Waals surface area contributed by atoms with Crippen LogP contribution in [0, 0.1) is 23.1 Å². The number of amides is 1. The summed E-state index contributed by atoms with van der Waals surface area (Å²) in [5.41, 5.74) is 0.960. The average molecular weight is 301 g/mol. The molecular formula is C17H20FN3O. The zero-order valence-electron chi connectivity index (χ0n) is 12.4. The van der Waals surface area contributed by atoms with E-state index in [-0.39, 0.29) is 17.9 Å². The van der Waals surface area contributed by atoms with Gasteiger partial charge in [-0.3, -0.25) is 4.79 Å². The van der Waals surface area contributed by atoms with Crippen LogP contribution in [0.15, 0.2) is 18.2 Å². The van der Waals surface area contributed by atoms with Crippen molar-refractivity contribution in [2.45, 2.75) is 50.6 Å². The van der Waals surface area contributed by atoms with Crippen molar-refractivity contribution in [3.63, 3.8) is 0 Å². The third-order valence-electron chi connectivity index (χ3n) is 4.43. The fraction of sp³-hybridized carbons (Fsp3) is 0.529. The summed E-state index contributed by atoms with van der Waals surface area (Å²) in [5.74, 6) is -0.209. The highest BCUT2D eigenvalue weighted by Crippen LogP contribution is 2.29. The number of halogens is 1. The molecule has 0 spiro atoms. The number of benzene rings is 1. The van der Waals surface area contributed by atoms with Crippen LogP contribution in [-0.2, 0) is 4.79 Å². The van der Waals surface area contributed by atoms with Crippen molar-refractivity contribution in [1.29, 1.82) is 5.26 Å². The number of carbonyl (C=O) groups excluding carboxylic acids is 1. The van der Waals surface area contributed by atoms with Gasteiger partial charge in [-0.2, -0.15) is 5.26 Å². The van der Waals surface area contributed by atoms with Crippen molar-refractivity contribution in [2.24, 2.45) is 5.92 Å². The van der Waals surface area contributed by atoms with E-state index in [1.54, 1.807) is 6.07 Å². The van der Waals surface area contributed by atoms with Gasteiger partial charge in [0.25, 0.3) is 0 Å². The van der Waals surface area contributed by atoms with Crippen molar-refractivity contribution in [3.05, 3.63) is 29.6 Å². The molecule has 5 heteroatoms. The Hall–Kier alpha value is -2.09. The molecule has 2 atom stereocenters. The van der Waals surface area contributed by atoms with Gasteiger partial charge in [-0.1, -0.05) is 6.42 Å². The van der Waals surface area contributed by atoms with Crippen LogP contribution in [0.25, 0.3) is 0 Å². The molecule has 0 heterocycles. The van der Waals surface area contributed by atoms with Crippen LogP contribution >= 0.6 is 0 Å². The van der Waals surface area contributed by atoms with Crippen LogP contribution in [0.4, 0.5) is 10.1 Å². The van der Waals surface area contributed by atoms with Gasteiger partial charge in [0.05, 0.1) is 11.3 Å². The Bertz CT molecular complexity index is 606. The predicted octanol–water partition coefficient (Wildman–Crippen LogP) is 2.95. The van der Waals surface area contributed by atoms with Crippen molar-refractivity contribution in [3.8, 4) is 6.07 Å². The molecule has 2 aliphatic rings. The molecular weight excluding hydrogens is 281 g/mol. The molecule has 116 valence electrons. The lowest BCUT2D eigenvalue weighted by molar-refractivity contribution is -0.126. The van der Waals surface area contributed by atoms with Gasteiger partial charge in [-0.15, -0.1) is 0 Å². The van der Waals surface area contributed by atoms with Gasteiger partial charge < -0.3 is 10.6 Å². The van der Waals surface area contributed by atoms with E-state index < -0.39 is 5.82 Å². The van der Waals surface area contributed by atoms with Gasteiger partial charge >= 0.3 is 0 Å². The molecule has 4 nitrogen and oxygen atoms in total. The van der Waals surface area contributed by atoms with E-state index in [1.807, 2.05) is 6.07 Å². The summed E-state index contributed by atoms with van der Waals surface area (Å²) in [6.07, 6.45) is 5.84. The molecule has 2 unspecified atom stereocenters. The van der Waals surface area contributed by atoms with E-state index >= 15 is 0 Å². The van der Waals surface area contributed by atoms with Crippen LogP contribution in [0.1, 0.15) is 44.1 Å². The van der Waals surface area contributed by atoms with E-state index in [0.29, 0.717) is 17.3 Å². The van der Waals surface area contributed by atoms with E-state index in [2.05, 4.69) is 10.6 Å². The second kappa shape index (κ2) is 6.35. The molecule has 2 saturated carbocycles. The molecule has 2 aliphatic carbocycles. The Kier molecular flexibility index (Phi) is 4.28. The molecule has 22 heavy (non-hydrogen) atoms. The van der Waals surface area contributed by atoms with Crippen molar-refractivity contribution >= 4 is 11.6 Å². The summed E-state index contributed by atoms with van der Waals surface area (Å²) < 4.78 is 13.2. The molecule has 0 aliphatic heterocycles. The predicted molar refractivity (Wildman–Crippen MR) is 81.6 cm³/mol. The minimum absolute atomic E-state index is 0.0397. The van der Waals surface area contributed by atoms with Crippen LogP contribution < -0.4 is 10.6 Å². The zero-order chi connectivity index (χ0) is 15.5. The maximum absolute atomic E-state index is 13.2. The molecule has 3 rings (SSSR count). The Morgan fingerprint density at radius 2 is 2.05 bits per heavy atom. The van der Waals surface area contributed by atoms with E-state index in [0.717, 1.165) is 38.5 Å². The third-order valence-corrected chi connectivity index (χ3v) is 4.43. The molecule has 1 aromatic carbocycles. The lowest BCUT2D eigenvalue weighted by Gasteiger charge is -2.30. The Morgan fingerprint density at radius 3 is 2.77 bits per heavy atom. The van der Waals surface area contributed by atoms with Gasteiger partial charge in [0.2, 0.25) is 5.91 Å². The van der Waals surface area contributed by atoms with Gasteiger partial charge in [-0.05, 0) is 50.3 Å². The van der Waals surface area contributed by atoms with Crippen molar-refractivity contribution in [2.75, 3.05) is 5.32 Å². The first-order valence-corrected chi connectivity index (χ1v) is 7.92. The second-order valence-corrected chi connectivity index (χ2v) is 6.29. The van der Waals surface area contributed by atoms with Crippen LogP contribution in [-0.4, -0.2) is 18.0 Å². The third kappa shape index (κ3) is 3.56. The fourth-order valence-corrected chi connectivity index (χ4v) is 3.06. The lowest BCUT2D eigenvalue weighted by atomic mass is 9.85. The topological polar surface area (TPSA) is 64.9 Å². The number of nitrogens with zero attached hydrogens (tertiary/aromatic N) is 1. The van der Waals surface area contributed by atoms with Gasteiger partial charge in [0.15, 0.2) is 0 Å². The zero-order valence-corrected chi connectivity index (χ0v) is 12.4. The SMILES string of the molecule is N#Cc1cc(F)ccc1NC1CCCC(C(=O)NC2CC2)C1. The van der Waals surface area contributed by atoms with Gasteiger partial charge in [-0.25, -0.2) is 4.39 Å². The summed E-state index contributed by atoms with van der Waals surface area (Å²) in [4.78, 5) is 12.2. The normalized spacial score (nSPS) is 24.4. The summed E-state index contributed by atoms with van der Waals surface area (Å²) in [6.45, 7) is 0. The van der Waals surface area contributed by atoms with Crippen LogP contribution in [0.3, 0.4) is 0 Å². The first-order valence-electron chi connectivity index (χ1n) is 7.92. The lowest BCUT2D eigenvalue weighted by Crippen LogP contribution is -2.38. The van der Waals surface area contributed by atoms with Gasteiger partial charge in [0.1, 0.15) is 11.9 Å². The smallest absolute Gasteiger partial charge is 0.223 e. The molecule has 0 aromatic heterocycles. The fourth-order valence-electron chi connectivity index (χ4n) is 3.06. The summed E-state index contributed by atoms with van der Waals surface area (Å²) >= 11 is 0. The monoisotopic (exact) mass is 301 g/mol. The minimum atomic E-state index is -0.410. The molecule has 2 N–H and O–H groups in total. The highest BCUT2D eigenvalue weighted by molar-refractivity contribution is 5.79. The van der Waals surface area contributed by atoms with Crippen molar-refractivity contribution < 1.29 is 9.18 Å². The highest BCUT2D eigenvalue weighted by atomic mass is 19.1. The van der Waals surface area contributed by atoms with Crippen molar-refractivity contribution in [1.82, 2.24) is 5.32 Å². The molecule has 1 aromatic rings. The number of anilines is 1. The first-order chi connectivity index (χ1) is 10.7. The van der Waals surface area contributed by atoms with E-state index in [1.165, 1.54) is 12.1 Å². The molecule has 0 bridgehead atoms. The molecule has 0 saturated heterocycles. The maximum Gasteiger partial charge on any atom is 0.223 e. The maximum atomic E-state index is 13.2. The second-order valence-electron chi connectivity index (χ2n) is 6.29. The number of rotatable bonds is 4. The summed E-state index contributed by atoms with van der Waals surface area (Å²) in [5, 5.41) is 15.5.